The van der Waals surface area contributed by atoms with Crippen LogP contribution in [0.25, 0.3) is 0 Å². The van der Waals surface area contributed by atoms with E-state index in [0.29, 0.717) is 18.8 Å². The fourth-order valence-corrected chi connectivity index (χ4v) is 3.28. The lowest BCUT2D eigenvalue weighted by atomic mass is 10.1. The fourth-order valence-electron chi connectivity index (χ4n) is 3.28. The van der Waals surface area contributed by atoms with Crippen molar-refractivity contribution in [2.45, 2.75) is 25.8 Å². The number of halogens is 2. The zero-order chi connectivity index (χ0) is 20.8. The number of rotatable bonds is 2. The maximum absolute atomic E-state index is 13.8. The molecule has 0 bridgehead atoms. The fraction of sp³-hybridized carbons (Fsp3) is 0.333. The van der Waals surface area contributed by atoms with Crippen LogP contribution in [0.15, 0.2) is 42.5 Å². The number of urea groups is 1. The molecule has 154 valence electrons. The van der Waals surface area contributed by atoms with Gasteiger partial charge in [0.2, 0.25) is 5.91 Å². The molecule has 2 heterocycles. The van der Waals surface area contributed by atoms with Crippen LogP contribution in [0.5, 0.6) is 5.75 Å². The van der Waals surface area contributed by atoms with Crippen molar-refractivity contribution in [3.8, 4) is 5.75 Å². The van der Waals surface area contributed by atoms with E-state index in [0.717, 1.165) is 25.3 Å². The predicted octanol–water partition coefficient (Wildman–Crippen LogP) is 3.72. The Balaban J connectivity index is 0.000000290. The number of piperidine rings is 1. The molecule has 2 aliphatic heterocycles. The number of benzene rings is 2. The summed E-state index contributed by atoms with van der Waals surface area (Å²) in [6, 6.07) is 10.5. The third-order valence-corrected chi connectivity index (χ3v) is 4.86. The van der Waals surface area contributed by atoms with Gasteiger partial charge in [-0.1, -0.05) is 18.2 Å². The zero-order valence-electron chi connectivity index (χ0n) is 15.9. The Hall–Kier alpha value is -3.16. The van der Waals surface area contributed by atoms with E-state index in [1.165, 1.54) is 11.0 Å². The first kappa shape index (κ1) is 20.6. The standard InChI is InChI=1S/C15H17F2N3O2.C6H6O/c16-11-4-5-12-10(14(11)17)8-20(15(22)18-12)9-13(21)19-6-2-1-3-7-19;7-6-4-2-1-3-5-6/h4-5H,1-3,6-9H2,(H,18,22);1-5,7H. The van der Waals surface area contributed by atoms with Crippen molar-refractivity contribution in [3.63, 3.8) is 0 Å². The first-order valence-electron chi connectivity index (χ1n) is 9.50. The largest absolute Gasteiger partial charge is 0.508 e. The van der Waals surface area contributed by atoms with E-state index in [1.54, 1.807) is 29.2 Å². The van der Waals surface area contributed by atoms with Crippen molar-refractivity contribution in [2.24, 2.45) is 0 Å². The number of hydrogen-bond acceptors (Lipinski definition) is 3. The molecule has 6 nitrogen and oxygen atoms in total. The van der Waals surface area contributed by atoms with Crippen LogP contribution >= 0.6 is 0 Å². The highest BCUT2D eigenvalue weighted by Gasteiger charge is 2.29. The summed E-state index contributed by atoms with van der Waals surface area (Å²) >= 11 is 0. The van der Waals surface area contributed by atoms with E-state index in [9.17, 15) is 18.4 Å². The Morgan fingerprint density at radius 3 is 2.34 bits per heavy atom. The number of anilines is 1. The average molecular weight is 403 g/mol. The maximum atomic E-state index is 13.8. The summed E-state index contributed by atoms with van der Waals surface area (Å²) in [6.45, 7) is 1.15. The van der Waals surface area contributed by atoms with Gasteiger partial charge in [-0.25, -0.2) is 13.6 Å². The van der Waals surface area contributed by atoms with Crippen LogP contribution in [0.4, 0.5) is 19.3 Å². The molecule has 2 aromatic carbocycles. The van der Waals surface area contributed by atoms with Crippen molar-refractivity contribution in [1.82, 2.24) is 9.80 Å². The molecule has 29 heavy (non-hydrogen) atoms. The first-order valence-corrected chi connectivity index (χ1v) is 9.50. The number of carbonyl (C=O) groups is 2. The molecule has 0 radical (unpaired) electrons. The number of carbonyl (C=O) groups excluding carboxylic acids is 2. The van der Waals surface area contributed by atoms with Gasteiger partial charge >= 0.3 is 6.03 Å². The number of amides is 3. The molecule has 0 spiro atoms. The van der Waals surface area contributed by atoms with Gasteiger partial charge in [0.25, 0.3) is 0 Å². The second kappa shape index (κ2) is 9.36. The van der Waals surface area contributed by atoms with E-state index in [4.69, 9.17) is 5.11 Å². The summed E-state index contributed by atoms with van der Waals surface area (Å²) in [5.74, 6) is -1.78. The third kappa shape index (κ3) is 5.22. The molecule has 1 fully saturated rings. The van der Waals surface area contributed by atoms with Gasteiger partial charge in [-0.3, -0.25) is 4.79 Å². The molecular formula is C21H23F2N3O3. The maximum Gasteiger partial charge on any atom is 0.322 e. The molecule has 2 aliphatic rings. The minimum absolute atomic E-state index is 0.0750. The number of hydrogen-bond donors (Lipinski definition) is 2. The number of aromatic hydroxyl groups is 1. The topological polar surface area (TPSA) is 72.9 Å². The monoisotopic (exact) mass is 403 g/mol. The van der Waals surface area contributed by atoms with E-state index in [1.807, 2.05) is 6.07 Å². The number of phenols is 1. The zero-order valence-corrected chi connectivity index (χ0v) is 15.9. The molecule has 1 saturated heterocycles. The molecule has 0 aliphatic carbocycles. The van der Waals surface area contributed by atoms with Crippen LogP contribution in [-0.4, -0.2) is 46.5 Å². The van der Waals surface area contributed by atoms with Crippen LogP contribution in [-0.2, 0) is 11.3 Å². The van der Waals surface area contributed by atoms with Gasteiger partial charge in [0.1, 0.15) is 12.3 Å². The molecular weight excluding hydrogens is 380 g/mol. The first-order chi connectivity index (χ1) is 14.0. The van der Waals surface area contributed by atoms with Crippen LogP contribution in [0.1, 0.15) is 24.8 Å². The van der Waals surface area contributed by atoms with Crippen LogP contribution in [0.3, 0.4) is 0 Å². The second-order valence-corrected chi connectivity index (χ2v) is 6.95. The van der Waals surface area contributed by atoms with Gasteiger partial charge in [-0.15, -0.1) is 0 Å². The van der Waals surface area contributed by atoms with E-state index in [-0.39, 0.29) is 30.2 Å². The van der Waals surface area contributed by atoms with Gasteiger partial charge in [0, 0.05) is 18.7 Å². The molecule has 0 unspecified atom stereocenters. The minimum atomic E-state index is -0.979. The Labute approximate surface area is 167 Å². The van der Waals surface area contributed by atoms with E-state index >= 15 is 0 Å². The smallest absolute Gasteiger partial charge is 0.322 e. The highest BCUT2D eigenvalue weighted by Crippen LogP contribution is 2.27. The van der Waals surface area contributed by atoms with Crippen molar-refractivity contribution in [3.05, 3.63) is 59.7 Å². The molecule has 4 rings (SSSR count). The lowest BCUT2D eigenvalue weighted by molar-refractivity contribution is -0.132. The lowest BCUT2D eigenvalue weighted by Crippen LogP contribution is -2.47. The molecule has 0 aromatic heterocycles. The Morgan fingerprint density at radius 2 is 1.72 bits per heavy atom. The van der Waals surface area contributed by atoms with Gasteiger partial charge < -0.3 is 20.2 Å². The highest BCUT2D eigenvalue weighted by molar-refractivity contribution is 5.94. The predicted molar refractivity (Wildman–Crippen MR) is 104 cm³/mol. The van der Waals surface area contributed by atoms with Gasteiger partial charge in [-0.2, -0.15) is 0 Å². The highest BCUT2D eigenvalue weighted by atomic mass is 19.2. The summed E-state index contributed by atoms with van der Waals surface area (Å²) < 4.78 is 27.1. The summed E-state index contributed by atoms with van der Waals surface area (Å²) in [5.41, 5.74) is 0.330. The quantitative estimate of drug-likeness (QED) is 0.803. The van der Waals surface area contributed by atoms with Crippen LogP contribution in [0.2, 0.25) is 0 Å². The second-order valence-electron chi connectivity index (χ2n) is 6.95. The van der Waals surface area contributed by atoms with Gasteiger partial charge in [0.15, 0.2) is 11.6 Å². The summed E-state index contributed by atoms with van der Waals surface area (Å²) in [5, 5.41) is 11.1. The van der Waals surface area contributed by atoms with Crippen molar-refractivity contribution < 1.29 is 23.5 Å². The molecule has 8 heteroatoms. The average Bonchev–Trinajstić information content (AvgIpc) is 2.73. The molecule has 2 aromatic rings. The van der Waals surface area contributed by atoms with Crippen LogP contribution in [0, 0.1) is 11.6 Å². The Bertz CT molecular complexity index is 871. The van der Waals surface area contributed by atoms with Crippen LogP contribution < -0.4 is 5.32 Å². The van der Waals surface area contributed by atoms with Gasteiger partial charge in [0.05, 0.1) is 12.2 Å². The number of nitrogens with zero attached hydrogens (tertiary/aromatic N) is 2. The lowest BCUT2D eigenvalue weighted by Gasteiger charge is -2.32. The van der Waals surface area contributed by atoms with Gasteiger partial charge in [-0.05, 0) is 43.5 Å². The molecule has 0 saturated carbocycles. The number of phenolic OH excluding ortho intramolecular Hbond substituents is 1. The SMILES string of the molecule is O=C(CN1Cc2c(ccc(F)c2F)NC1=O)N1CCCCC1.Oc1ccccc1. The molecule has 2 N–H and O–H groups in total. The molecule has 0 atom stereocenters. The Kier molecular flexibility index (Phi) is 6.64. The summed E-state index contributed by atoms with van der Waals surface area (Å²) in [4.78, 5) is 27.1. The number of nitrogens with one attached hydrogen (secondary N) is 1. The third-order valence-electron chi connectivity index (χ3n) is 4.86. The molecule has 3 amide bonds. The number of fused-ring (bicyclic) bond motifs is 1. The minimum Gasteiger partial charge on any atom is -0.508 e. The van der Waals surface area contributed by atoms with Crippen molar-refractivity contribution >= 4 is 17.6 Å². The number of likely N-dealkylation sites (tertiary alicyclic amines) is 1. The van der Waals surface area contributed by atoms with E-state index < -0.39 is 17.7 Å². The Morgan fingerprint density at radius 1 is 1.03 bits per heavy atom. The van der Waals surface area contributed by atoms with Crippen molar-refractivity contribution in [2.75, 3.05) is 25.0 Å². The number of para-hydroxylation sites is 1. The van der Waals surface area contributed by atoms with Crippen molar-refractivity contribution in [1.29, 1.82) is 0 Å². The van der Waals surface area contributed by atoms with E-state index in [2.05, 4.69) is 5.32 Å². The summed E-state index contributed by atoms with van der Waals surface area (Å²) in [6.07, 6.45) is 3.02. The normalized spacial score (nSPS) is 15.7. The summed E-state index contributed by atoms with van der Waals surface area (Å²) in [7, 11) is 0.